The molecular formula is C33H46FN6O6P. The van der Waals surface area contributed by atoms with Gasteiger partial charge in [-0.3, -0.25) is 13.9 Å². The van der Waals surface area contributed by atoms with Crippen LogP contribution in [0, 0.1) is 24.3 Å². The first kappa shape index (κ1) is 36.4. The van der Waals surface area contributed by atoms with Gasteiger partial charge in [-0.1, -0.05) is 88.6 Å². The summed E-state index contributed by atoms with van der Waals surface area (Å²) in [6.07, 6.45) is 12.8. The molecule has 1 aliphatic heterocycles. The first-order valence-electron chi connectivity index (χ1n) is 16.3. The van der Waals surface area contributed by atoms with Crippen molar-refractivity contribution in [3.05, 3.63) is 48.3 Å². The van der Waals surface area contributed by atoms with Gasteiger partial charge in [-0.15, -0.1) is 6.42 Å². The number of benzene rings is 1. The second-order valence-electron chi connectivity index (χ2n) is 12.0. The number of esters is 1. The highest BCUT2D eigenvalue weighted by Crippen LogP contribution is 2.39. The largest absolute Gasteiger partial charge is 0.464 e. The molecule has 0 aliphatic carbocycles. The van der Waals surface area contributed by atoms with Crippen molar-refractivity contribution in [2.75, 3.05) is 18.9 Å². The van der Waals surface area contributed by atoms with Gasteiger partial charge in [0.15, 0.2) is 22.6 Å². The van der Waals surface area contributed by atoms with E-state index >= 15 is 0 Å². The van der Waals surface area contributed by atoms with Gasteiger partial charge in [0.25, 0.3) is 8.18 Å². The third-order valence-corrected chi connectivity index (χ3v) is 9.45. The van der Waals surface area contributed by atoms with Crippen molar-refractivity contribution < 1.29 is 32.9 Å². The van der Waals surface area contributed by atoms with Crippen molar-refractivity contribution in [1.82, 2.24) is 24.6 Å². The van der Waals surface area contributed by atoms with Crippen molar-refractivity contribution in [3.8, 4) is 12.3 Å². The summed E-state index contributed by atoms with van der Waals surface area (Å²) < 4.78 is 46.0. The summed E-state index contributed by atoms with van der Waals surface area (Å²) in [6, 6.07) is 8.39. The number of rotatable bonds is 19. The Morgan fingerprint density at radius 2 is 1.94 bits per heavy atom. The molecule has 0 saturated carbocycles. The number of imidazole rings is 1. The molecule has 256 valence electrons. The molecule has 1 saturated heterocycles. The van der Waals surface area contributed by atoms with Crippen molar-refractivity contribution in [2.45, 2.75) is 102 Å². The van der Waals surface area contributed by atoms with Crippen molar-refractivity contribution in [1.29, 1.82) is 0 Å². The predicted octanol–water partition coefficient (Wildman–Crippen LogP) is 5.13. The molecule has 0 amide bonds. The number of nitrogen functional groups attached to an aromatic ring is 1. The lowest BCUT2D eigenvalue weighted by atomic mass is 9.96. The summed E-state index contributed by atoms with van der Waals surface area (Å²) in [4.78, 5) is 24.8. The second-order valence-corrected chi connectivity index (χ2v) is 13.2. The van der Waals surface area contributed by atoms with Crippen LogP contribution in [0.1, 0.15) is 83.4 Å². The van der Waals surface area contributed by atoms with Gasteiger partial charge in [0.1, 0.15) is 18.4 Å². The molecule has 5 atom stereocenters. The summed E-state index contributed by atoms with van der Waals surface area (Å²) in [6.45, 7) is 4.17. The van der Waals surface area contributed by atoms with Gasteiger partial charge in [0.2, 0.25) is 0 Å². The fourth-order valence-corrected chi connectivity index (χ4v) is 6.66. The number of anilines is 1. The van der Waals surface area contributed by atoms with Crippen LogP contribution in [0.2, 0.25) is 0 Å². The molecule has 0 spiro atoms. The lowest BCUT2D eigenvalue weighted by molar-refractivity contribution is -0.147. The summed E-state index contributed by atoms with van der Waals surface area (Å²) in [7, 11) is -3.09. The fourth-order valence-electron chi connectivity index (χ4n) is 5.72. The van der Waals surface area contributed by atoms with Crippen LogP contribution < -0.4 is 10.8 Å². The molecule has 14 heteroatoms. The minimum Gasteiger partial charge on any atom is -0.464 e. The van der Waals surface area contributed by atoms with E-state index in [1.54, 1.807) is 0 Å². The highest BCUT2D eigenvalue weighted by Gasteiger charge is 2.49. The van der Waals surface area contributed by atoms with Gasteiger partial charge in [-0.05, 0) is 30.7 Å². The van der Waals surface area contributed by atoms with Crippen molar-refractivity contribution >= 4 is 31.1 Å². The first-order valence-corrected chi connectivity index (χ1v) is 17.6. The van der Waals surface area contributed by atoms with Gasteiger partial charge in [0, 0.05) is 6.42 Å². The molecule has 47 heavy (non-hydrogen) atoms. The number of aromatic nitrogens is 4. The van der Waals surface area contributed by atoms with Gasteiger partial charge in [-0.2, -0.15) is 14.4 Å². The maximum atomic E-state index is 13.9. The Morgan fingerprint density at radius 3 is 2.60 bits per heavy atom. The van der Waals surface area contributed by atoms with E-state index in [9.17, 15) is 18.9 Å². The number of hydrogen-bond acceptors (Lipinski definition) is 10. The Labute approximate surface area is 275 Å². The number of fused-ring (bicyclic) bond motifs is 1. The number of carbonyl (C=O) groups is 1. The maximum Gasteiger partial charge on any atom is 0.323 e. The number of carbonyl (C=O) groups excluding carboxylic acids is 1. The van der Waals surface area contributed by atoms with E-state index in [-0.39, 0.29) is 35.7 Å². The second kappa shape index (κ2) is 17.7. The maximum absolute atomic E-state index is 13.9. The Kier molecular flexibility index (Phi) is 13.7. The lowest BCUT2D eigenvalue weighted by Crippen LogP contribution is -2.43. The number of nitrogens with two attached hydrogens (primary N) is 1. The van der Waals surface area contributed by atoms with Crippen LogP contribution in [-0.4, -0.2) is 61.6 Å². The molecule has 1 aliphatic rings. The quantitative estimate of drug-likeness (QED) is 0.0509. The number of nitrogens with zero attached hydrogens (tertiary/aromatic N) is 4. The minimum absolute atomic E-state index is 0.0143. The number of nitrogens with one attached hydrogen (secondary N) is 1. The molecule has 1 fully saturated rings. The van der Waals surface area contributed by atoms with Crippen molar-refractivity contribution in [3.63, 3.8) is 0 Å². The van der Waals surface area contributed by atoms with Gasteiger partial charge in [0.05, 0.1) is 19.5 Å². The molecule has 1 unspecified atom stereocenters. The lowest BCUT2D eigenvalue weighted by Gasteiger charge is -2.27. The van der Waals surface area contributed by atoms with Gasteiger partial charge < -0.3 is 24.8 Å². The number of halogens is 1. The smallest absolute Gasteiger partial charge is 0.323 e. The number of terminal acetylenes is 1. The van der Waals surface area contributed by atoms with Crippen LogP contribution in [0.3, 0.4) is 0 Å². The molecule has 4 N–H and O–H groups in total. The number of unbranched alkanes of at least 4 members (excludes halogenated alkanes) is 4. The monoisotopic (exact) mass is 672 g/mol. The van der Waals surface area contributed by atoms with Gasteiger partial charge >= 0.3 is 12.0 Å². The average Bonchev–Trinajstić information content (AvgIpc) is 3.63. The Hall–Kier alpha value is -3.40. The van der Waals surface area contributed by atoms with E-state index in [0.29, 0.717) is 6.61 Å². The normalized spacial score (nSPS) is 20.8. The van der Waals surface area contributed by atoms with E-state index < -0.39 is 50.8 Å². The highest BCUT2D eigenvalue weighted by atomic mass is 31.1. The Morgan fingerprint density at radius 1 is 1.23 bits per heavy atom. The number of aliphatic hydroxyl groups is 1. The zero-order chi connectivity index (χ0) is 33.8. The van der Waals surface area contributed by atoms with E-state index in [2.05, 4.69) is 39.8 Å². The average molecular weight is 673 g/mol. The molecule has 0 radical (unpaired) electrons. The van der Waals surface area contributed by atoms with E-state index in [1.165, 1.54) is 10.9 Å². The number of hydrogen-bond donors (Lipinski definition) is 3. The van der Waals surface area contributed by atoms with Crippen LogP contribution >= 0.6 is 8.18 Å². The third kappa shape index (κ3) is 9.81. The third-order valence-electron chi connectivity index (χ3n) is 8.46. The standard InChI is InChI=1S/C33H46FN6O6P/c1-4-7-10-16-24(17-11-8-5-2)20-44-31(42)25(18-23-14-12-9-13-15-23)39-47(43)45-21-33(6-3)26(41)19-27(46-33)40-22-36-28-29(35)37-32(34)38-30(28)40/h3,9,12-15,22,24-27,41,47H,4-5,7-8,10-11,16-21H2,1-2H3,(H,39,43)(H2,35,37,38)/t25-,26-,27+,33+/m0/s1. The summed E-state index contributed by atoms with van der Waals surface area (Å²) in [5.74, 6) is 2.03. The van der Waals surface area contributed by atoms with E-state index in [0.717, 1.165) is 56.9 Å². The van der Waals surface area contributed by atoms with E-state index in [4.69, 9.17) is 26.2 Å². The SMILES string of the molecule is C#C[C@]1(CO[PH](=O)N[C@@H](Cc2ccccc2)C(=O)OCC(CCCCC)CCCCC)O[C@@H](n2cnc3c(N)nc(F)nc32)C[C@@H]1O. The molecule has 2 aromatic heterocycles. The summed E-state index contributed by atoms with van der Waals surface area (Å²) in [5.41, 5.74) is 5.16. The summed E-state index contributed by atoms with van der Waals surface area (Å²) >= 11 is 0. The van der Waals surface area contributed by atoms with Crippen LogP contribution in [0.25, 0.3) is 11.2 Å². The minimum atomic E-state index is -3.09. The molecule has 0 bridgehead atoms. The van der Waals surface area contributed by atoms with Crippen LogP contribution in [0.4, 0.5) is 10.2 Å². The first-order chi connectivity index (χ1) is 22.7. The predicted molar refractivity (Wildman–Crippen MR) is 177 cm³/mol. The molecule has 4 rings (SSSR count). The zero-order valence-electron chi connectivity index (χ0n) is 27.1. The highest BCUT2D eigenvalue weighted by molar-refractivity contribution is 7.36. The molecular weight excluding hydrogens is 626 g/mol. The van der Waals surface area contributed by atoms with Crippen LogP contribution in [-0.2, 0) is 29.8 Å². The molecule has 1 aromatic carbocycles. The Balaban J connectivity index is 1.41. The fraction of sp³-hybridized carbons (Fsp3) is 0.576. The van der Waals surface area contributed by atoms with Gasteiger partial charge in [-0.25, -0.2) is 10.1 Å². The van der Waals surface area contributed by atoms with Crippen LogP contribution in [0.5, 0.6) is 0 Å². The molecule has 12 nitrogen and oxygen atoms in total. The topological polar surface area (TPSA) is 164 Å². The number of ether oxygens (including phenoxy) is 2. The van der Waals surface area contributed by atoms with E-state index in [1.807, 2.05) is 30.3 Å². The van der Waals surface area contributed by atoms with Crippen molar-refractivity contribution in [2.24, 2.45) is 5.92 Å². The molecule has 3 aromatic rings. The molecule has 3 heterocycles. The summed E-state index contributed by atoms with van der Waals surface area (Å²) in [5, 5.41) is 13.8. The zero-order valence-corrected chi connectivity index (χ0v) is 28.1. The number of aliphatic hydroxyl groups excluding tert-OH is 1. The van der Waals surface area contributed by atoms with Crippen LogP contribution in [0.15, 0.2) is 36.7 Å². The Bertz CT molecular complexity index is 1510.